The largest absolute Gasteiger partial charge is 0.376 e. The van der Waals surface area contributed by atoms with E-state index in [-0.39, 0.29) is 23.8 Å². The smallest absolute Gasteiger partial charge is 0.256 e. The number of piperidine rings is 1. The average Bonchev–Trinajstić information content (AvgIpc) is 3.22. The van der Waals surface area contributed by atoms with E-state index in [1.165, 1.54) is 4.90 Å². The molecular formula is C21H27N3O4. The minimum absolute atomic E-state index is 0.0404. The van der Waals surface area contributed by atoms with E-state index >= 15 is 0 Å². The number of ether oxygens (including phenoxy) is 1. The lowest BCUT2D eigenvalue weighted by Crippen LogP contribution is -2.55. The van der Waals surface area contributed by atoms with E-state index in [2.05, 4.69) is 5.32 Å². The van der Waals surface area contributed by atoms with E-state index in [4.69, 9.17) is 4.74 Å². The molecule has 4 rings (SSSR count). The summed E-state index contributed by atoms with van der Waals surface area (Å²) >= 11 is 0. The summed E-state index contributed by atoms with van der Waals surface area (Å²) in [6.45, 7) is 3.48. The van der Waals surface area contributed by atoms with Gasteiger partial charge in [-0.25, -0.2) is 0 Å². The van der Waals surface area contributed by atoms with Gasteiger partial charge in [0.15, 0.2) is 0 Å². The zero-order valence-corrected chi connectivity index (χ0v) is 16.2. The number of para-hydroxylation sites is 1. The van der Waals surface area contributed by atoms with Gasteiger partial charge >= 0.3 is 0 Å². The van der Waals surface area contributed by atoms with Crippen molar-refractivity contribution in [2.75, 3.05) is 24.6 Å². The quantitative estimate of drug-likeness (QED) is 0.856. The highest BCUT2D eigenvalue weighted by Gasteiger charge is 2.43. The third-order valence-corrected chi connectivity index (χ3v) is 5.97. The number of carbonyl (C=O) groups is 3. The fourth-order valence-electron chi connectivity index (χ4n) is 4.41. The van der Waals surface area contributed by atoms with Gasteiger partial charge in [-0.2, -0.15) is 0 Å². The number of nitrogens with one attached hydrogen (secondary N) is 1. The Bertz CT molecular complexity index is 775. The van der Waals surface area contributed by atoms with Crippen LogP contribution in [0, 0.1) is 0 Å². The molecule has 0 aromatic heterocycles. The van der Waals surface area contributed by atoms with Crippen LogP contribution < -0.4 is 10.2 Å². The van der Waals surface area contributed by atoms with Gasteiger partial charge in [-0.3, -0.25) is 19.3 Å². The Hall–Kier alpha value is -2.41. The van der Waals surface area contributed by atoms with Gasteiger partial charge in [0.25, 0.3) is 11.8 Å². The van der Waals surface area contributed by atoms with Crippen molar-refractivity contribution in [1.29, 1.82) is 0 Å². The zero-order chi connectivity index (χ0) is 19.7. The second-order valence-corrected chi connectivity index (χ2v) is 7.79. The van der Waals surface area contributed by atoms with Crippen molar-refractivity contribution in [3.05, 3.63) is 29.8 Å². The molecule has 2 fully saturated rings. The first-order valence-electron chi connectivity index (χ1n) is 10.2. The predicted octanol–water partition coefficient (Wildman–Crippen LogP) is 1.71. The van der Waals surface area contributed by atoms with E-state index in [0.717, 1.165) is 32.3 Å². The van der Waals surface area contributed by atoms with Gasteiger partial charge in [0.1, 0.15) is 12.1 Å². The first-order chi connectivity index (χ1) is 13.6. The first kappa shape index (κ1) is 18.9. The number of carbonyl (C=O) groups excluding carboxylic acids is 3. The molecule has 0 unspecified atom stereocenters. The van der Waals surface area contributed by atoms with Crippen molar-refractivity contribution in [2.45, 2.75) is 57.2 Å². The zero-order valence-electron chi connectivity index (χ0n) is 16.2. The van der Waals surface area contributed by atoms with Crippen molar-refractivity contribution in [3.63, 3.8) is 0 Å². The number of anilines is 1. The van der Waals surface area contributed by atoms with Crippen molar-refractivity contribution in [1.82, 2.24) is 10.2 Å². The Morgan fingerprint density at radius 1 is 1.21 bits per heavy atom. The molecule has 0 spiro atoms. The monoisotopic (exact) mass is 385 g/mol. The Balaban J connectivity index is 1.61. The molecule has 7 nitrogen and oxygen atoms in total. The Morgan fingerprint density at radius 2 is 2.04 bits per heavy atom. The fourth-order valence-corrected chi connectivity index (χ4v) is 4.41. The van der Waals surface area contributed by atoms with Crippen molar-refractivity contribution in [3.8, 4) is 0 Å². The second-order valence-electron chi connectivity index (χ2n) is 7.79. The molecule has 3 amide bonds. The van der Waals surface area contributed by atoms with Crippen LogP contribution >= 0.6 is 0 Å². The Kier molecular flexibility index (Phi) is 5.35. The van der Waals surface area contributed by atoms with Crippen molar-refractivity contribution < 1.29 is 19.1 Å². The maximum absolute atomic E-state index is 13.4. The third kappa shape index (κ3) is 3.39. The fraction of sp³-hybridized carbons (Fsp3) is 0.571. The number of fused-ring (bicyclic) bond motifs is 2. The van der Waals surface area contributed by atoms with Crippen LogP contribution in [-0.4, -0.2) is 60.5 Å². The lowest BCUT2D eigenvalue weighted by molar-refractivity contribution is -0.128. The molecule has 1 aromatic carbocycles. The van der Waals surface area contributed by atoms with Crippen LogP contribution in [0.15, 0.2) is 24.3 Å². The molecule has 1 N–H and O–H groups in total. The number of nitrogens with zero attached hydrogens (tertiary/aromatic N) is 2. The van der Waals surface area contributed by atoms with E-state index in [1.54, 1.807) is 36.1 Å². The Morgan fingerprint density at radius 3 is 2.82 bits per heavy atom. The predicted molar refractivity (Wildman–Crippen MR) is 104 cm³/mol. The van der Waals surface area contributed by atoms with Gasteiger partial charge in [-0.15, -0.1) is 0 Å². The van der Waals surface area contributed by atoms with E-state index in [9.17, 15) is 14.4 Å². The minimum atomic E-state index is -0.704. The Labute approximate surface area is 165 Å². The van der Waals surface area contributed by atoms with Crippen LogP contribution in [0.5, 0.6) is 0 Å². The maximum atomic E-state index is 13.4. The molecule has 3 atom stereocenters. The number of hydrogen-bond acceptors (Lipinski definition) is 4. The summed E-state index contributed by atoms with van der Waals surface area (Å²) < 4.78 is 5.56. The topological polar surface area (TPSA) is 79.0 Å². The van der Waals surface area contributed by atoms with Gasteiger partial charge in [-0.05, 0) is 51.2 Å². The second kappa shape index (κ2) is 7.91. The lowest BCUT2D eigenvalue weighted by atomic mass is 10.0. The molecular weight excluding hydrogens is 358 g/mol. The number of hydrogen-bond donors (Lipinski definition) is 1. The molecule has 3 heterocycles. The van der Waals surface area contributed by atoms with E-state index in [0.29, 0.717) is 30.8 Å². The molecule has 28 heavy (non-hydrogen) atoms. The van der Waals surface area contributed by atoms with Crippen LogP contribution in [-0.2, 0) is 14.3 Å². The van der Waals surface area contributed by atoms with Crippen LogP contribution in [0.25, 0.3) is 0 Å². The molecule has 0 bridgehead atoms. The molecule has 0 saturated carbocycles. The standard InChI is InChI=1S/C21H27N3O4/c1-14(19(25)22-13-15-7-6-12-28-15)24-17-9-3-2-8-16(17)20(26)23-11-5-4-10-18(23)21(24)27/h2-3,8-9,14-15,18H,4-7,10-13H2,1H3,(H,22,25)/t14-,15-,18+/m1/s1. The van der Waals surface area contributed by atoms with Crippen molar-refractivity contribution >= 4 is 23.4 Å². The number of amides is 3. The number of benzene rings is 1. The number of rotatable bonds is 4. The lowest BCUT2D eigenvalue weighted by Gasteiger charge is -2.35. The molecule has 3 aliphatic rings. The molecule has 0 aliphatic carbocycles. The molecule has 3 aliphatic heterocycles. The molecule has 1 aromatic rings. The molecule has 2 saturated heterocycles. The van der Waals surface area contributed by atoms with Crippen LogP contribution in [0.3, 0.4) is 0 Å². The average molecular weight is 385 g/mol. The van der Waals surface area contributed by atoms with Crippen molar-refractivity contribution in [2.24, 2.45) is 0 Å². The normalized spacial score (nSPS) is 25.8. The van der Waals surface area contributed by atoms with Gasteiger partial charge in [0.2, 0.25) is 5.91 Å². The van der Waals surface area contributed by atoms with Crippen LogP contribution in [0.1, 0.15) is 49.4 Å². The SMILES string of the molecule is C[C@H](C(=O)NC[C@H]1CCCO1)N1C(=O)[C@@H]2CCCCN2C(=O)c2ccccc21. The van der Waals surface area contributed by atoms with E-state index < -0.39 is 12.1 Å². The minimum Gasteiger partial charge on any atom is -0.376 e. The van der Waals surface area contributed by atoms with Gasteiger partial charge in [0.05, 0.1) is 17.4 Å². The highest BCUT2D eigenvalue weighted by molar-refractivity contribution is 6.13. The summed E-state index contributed by atoms with van der Waals surface area (Å²) in [6.07, 6.45) is 4.43. The summed E-state index contributed by atoms with van der Waals surface area (Å²) in [4.78, 5) is 42.6. The molecule has 0 radical (unpaired) electrons. The summed E-state index contributed by atoms with van der Waals surface area (Å²) in [5, 5.41) is 2.92. The highest BCUT2D eigenvalue weighted by atomic mass is 16.5. The highest BCUT2D eigenvalue weighted by Crippen LogP contribution is 2.33. The summed E-state index contributed by atoms with van der Waals surface area (Å²) in [7, 11) is 0. The third-order valence-electron chi connectivity index (χ3n) is 5.97. The van der Waals surface area contributed by atoms with Crippen LogP contribution in [0.2, 0.25) is 0 Å². The maximum Gasteiger partial charge on any atom is 0.256 e. The summed E-state index contributed by atoms with van der Waals surface area (Å²) in [6, 6.07) is 5.89. The molecule has 150 valence electrons. The summed E-state index contributed by atoms with van der Waals surface area (Å²) in [5.41, 5.74) is 1.01. The van der Waals surface area contributed by atoms with Crippen LogP contribution in [0.4, 0.5) is 5.69 Å². The van der Waals surface area contributed by atoms with Gasteiger partial charge < -0.3 is 15.0 Å². The van der Waals surface area contributed by atoms with Gasteiger partial charge in [0, 0.05) is 19.7 Å². The summed E-state index contributed by atoms with van der Waals surface area (Å²) in [5.74, 6) is -0.517. The van der Waals surface area contributed by atoms with Gasteiger partial charge in [-0.1, -0.05) is 12.1 Å². The van der Waals surface area contributed by atoms with E-state index in [1.807, 2.05) is 0 Å². The molecule has 7 heteroatoms. The first-order valence-corrected chi connectivity index (χ1v) is 10.2.